The van der Waals surface area contributed by atoms with Gasteiger partial charge in [-0.3, -0.25) is 4.79 Å². The Hall–Kier alpha value is -1.07. The molecule has 1 rings (SSSR count). The molecule has 1 N–H and O–H groups in total. The van der Waals surface area contributed by atoms with Crippen molar-refractivity contribution >= 4 is 31.3 Å². The summed E-state index contributed by atoms with van der Waals surface area (Å²) in [6.45, 7) is 1.38. The highest BCUT2D eigenvalue weighted by Crippen LogP contribution is 2.14. The molecule has 1 aromatic carbocycles. The average Bonchev–Trinajstić information content (AvgIpc) is 1.99. The molecule has 0 fully saturated rings. The van der Waals surface area contributed by atoms with Crippen LogP contribution >= 0.6 is 10.7 Å². The highest BCUT2D eigenvalue weighted by molar-refractivity contribution is 8.13. The van der Waals surface area contributed by atoms with Crippen LogP contribution in [-0.4, -0.2) is 14.3 Å². The van der Waals surface area contributed by atoms with Crippen molar-refractivity contribution in [3.63, 3.8) is 0 Å². The highest BCUT2D eigenvalue weighted by atomic mass is 35.7. The summed E-state index contributed by atoms with van der Waals surface area (Å²) in [6, 6.07) is 6.53. The van der Waals surface area contributed by atoms with Gasteiger partial charge in [0, 0.05) is 23.3 Å². The molecule has 1 aromatic rings. The first-order valence-electron chi connectivity index (χ1n) is 4.16. The fourth-order valence-corrected chi connectivity index (χ4v) is 2.10. The number of anilines is 1. The normalized spacial score (nSPS) is 11.1. The minimum atomic E-state index is -3.56. The molecule has 0 heterocycles. The summed E-state index contributed by atoms with van der Waals surface area (Å²) < 4.78 is 21.6. The molecule has 15 heavy (non-hydrogen) atoms. The van der Waals surface area contributed by atoms with Crippen LogP contribution in [-0.2, 0) is 19.6 Å². The van der Waals surface area contributed by atoms with Crippen LogP contribution in [0.4, 0.5) is 5.69 Å². The second-order valence-electron chi connectivity index (χ2n) is 3.06. The number of carbonyl (C=O) groups is 1. The molecule has 0 bridgehead atoms. The zero-order valence-corrected chi connectivity index (χ0v) is 9.60. The van der Waals surface area contributed by atoms with Gasteiger partial charge in [0.15, 0.2) is 0 Å². The average molecular weight is 248 g/mol. The SMILES string of the molecule is CC(=O)Nc1cccc(CS(=O)(=O)Cl)c1. The molecule has 0 spiro atoms. The Balaban J connectivity index is 2.88. The van der Waals surface area contributed by atoms with Gasteiger partial charge in [0.25, 0.3) is 0 Å². The first-order chi connectivity index (χ1) is 6.87. The van der Waals surface area contributed by atoms with E-state index in [9.17, 15) is 13.2 Å². The van der Waals surface area contributed by atoms with Crippen molar-refractivity contribution < 1.29 is 13.2 Å². The largest absolute Gasteiger partial charge is 0.326 e. The Kier molecular flexibility index (Phi) is 3.71. The molecule has 6 heteroatoms. The van der Waals surface area contributed by atoms with Crippen LogP contribution in [0.2, 0.25) is 0 Å². The topological polar surface area (TPSA) is 63.2 Å². The Bertz CT molecular complexity index is 470. The standard InChI is InChI=1S/C9H10ClNO3S/c1-7(12)11-9-4-2-3-8(5-9)6-15(10,13)14/h2-5H,6H2,1H3,(H,11,12). The van der Waals surface area contributed by atoms with E-state index in [1.807, 2.05) is 0 Å². The number of nitrogens with one attached hydrogen (secondary N) is 1. The third-order valence-electron chi connectivity index (χ3n) is 1.59. The van der Waals surface area contributed by atoms with Crippen LogP contribution in [0.5, 0.6) is 0 Å². The minimum absolute atomic E-state index is 0.208. The molecule has 0 aromatic heterocycles. The third kappa shape index (κ3) is 4.80. The number of hydrogen-bond acceptors (Lipinski definition) is 3. The fraction of sp³-hybridized carbons (Fsp3) is 0.222. The number of rotatable bonds is 3. The van der Waals surface area contributed by atoms with Gasteiger partial charge in [-0.05, 0) is 17.7 Å². The molecule has 0 aliphatic rings. The van der Waals surface area contributed by atoms with E-state index in [-0.39, 0.29) is 11.7 Å². The van der Waals surface area contributed by atoms with E-state index in [1.165, 1.54) is 6.92 Å². The van der Waals surface area contributed by atoms with Crippen LogP contribution in [0.25, 0.3) is 0 Å². The number of halogens is 1. The molecule has 0 saturated carbocycles. The van der Waals surface area contributed by atoms with Gasteiger partial charge >= 0.3 is 0 Å². The second-order valence-corrected chi connectivity index (χ2v) is 5.84. The lowest BCUT2D eigenvalue weighted by atomic mass is 10.2. The minimum Gasteiger partial charge on any atom is -0.326 e. The Labute approximate surface area is 92.7 Å². The van der Waals surface area contributed by atoms with E-state index < -0.39 is 9.05 Å². The predicted molar refractivity (Wildman–Crippen MR) is 59.2 cm³/mol. The number of hydrogen-bond donors (Lipinski definition) is 1. The van der Waals surface area contributed by atoms with Crippen LogP contribution in [0.3, 0.4) is 0 Å². The first kappa shape index (κ1) is 12.0. The van der Waals surface area contributed by atoms with Crippen molar-refractivity contribution in [2.24, 2.45) is 0 Å². The maximum atomic E-state index is 10.8. The number of benzene rings is 1. The lowest BCUT2D eigenvalue weighted by molar-refractivity contribution is -0.114. The van der Waals surface area contributed by atoms with Crippen LogP contribution in [0.15, 0.2) is 24.3 Å². The molecule has 0 aliphatic heterocycles. The summed E-state index contributed by atoms with van der Waals surface area (Å²) in [5.74, 6) is -0.456. The van der Waals surface area contributed by atoms with Gasteiger partial charge in [-0.1, -0.05) is 12.1 Å². The third-order valence-corrected chi connectivity index (χ3v) is 2.59. The molecular weight excluding hydrogens is 238 g/mol. The summed E-state index contributed by atoms with van der Waals surface area (Å²) in [5.41, 5.74) is 1.09. The predicted octanol–water partition coefficient (Wildman–Crippen LogP) is 1.71. The maximum Gasteiger partial charge on any atom is 0.236 e. The number of amides is 1. The smallest absolute Gasteiger partial charge is 0.236 e. The maximum absolute atomic E-state index is 10.8. The fourth-order valence-electron chi connectivity index (χ4n) is 1.14. The van der Waals surface area contributed by atoms with Gasteiger partial charge in [-0.15, -0.1) is 0 Å². The van der Waals surface area contributed by atoms with Crippen molar-refractivity contribution in [3.8, 4) is 0 Å². The zero-order chi connectivity index (χ0) is 11.5. The Morgan fingerprint density at radius 3 is 2.67 bits per heavy atom. The van der Waals surface area contributed by atoms with Crippen molar-refractivity contribution in [1.82, 2.24) is 0 Å². The van der Waals surface area contributed by atoms with Gasteiger partial charge in [0.2, 0.25) is 15.0 Å². The van der Waals surface area contributed by atoms with E-state index >= 15 is 0 Å². The van der Waals surface area contributed by atoms with Crippen LogP contribution in [0, 0.1) is 0 Å². The zero-order valence-electron chi connectivity index (χ0n) is 8.03. The second kappa shape index (κ2) is 4.63. The first-order valence-corrected chi connectivity index (χ1v) is 6.63. The molecule has 1 amide bonds. The van der Waals surface area contributed by atoms with Crippen LogP contribution in [0.1, 0.15) is 12.5 Å². The lowest BCUT2D eigenvalue weighted by Gasteiger charge is -2.03. The van der Waals surface area contributed by atoms with Gasteiger partial charge in [0.05, 0.1) is 5.75 Å². The van der Waals surface area contributed by atoms with E-state index in [2.05, 4.69) is 5.32 Å². The van der Waals surface area contributed by atoms with Gasteiger partial charge in [-0.25, -0.2) is 8.42 Å². The monoisotopic (exact) mass is 247 g/mol. The lowest BCUT2D eigenvalue weighted by Crippen LogP contribution is -2.06. The summed E-state index contributed by atoms with van der Waals surface area (Å²) in [4.78, 5) is 10.8. The molecule has 0 radical (unpaired) electrons. The molecule has 0 unspecified atom stereocenters. The molecule has 82 valence electrons. The van der Waals surface area contributed by atoms with E-state index in [4.69, 9.17) is 10.7 Å². The van der Waals surface area contributed by atoms with Crippen molar-refractivity contribution in [2.75, 3.05) is 5.32 Å². The molecule has 0 atom stereocenters. The molecular formula is C9H10ClNO3S. The summed E-state index contributed by atoms with van der Waals surface area (Å²) in [5, 5.41) is 2.55. The Morgan fingerprint density at radius 1 is 1.47 bits per heavy atom. The van der Waals surface area contributed by atoms with E-state index in [1.54, 1.807) is 24.3 Å². The Morgan fingerprint density at radius 2 is 2.13 bits per heavy atom. The molecule has 0 aliphatic carbocycles. The summed E-state index contributed by atoms with van der Waals surface area (Å²) in [6.07, 6.45) is 0. The quantitative estimate of drug-likeness (QED) is 0.827. The van der Waals surface area contributed by atoms with E-state index in [0.29, 0.717) is 11.3 Å². The van der Waals surface area contributed by atoms with Crippen molar-refractivity contribution in [1.29, 1.82) is 0 Å². The van der Waals surface area contributed by atoms with Gasteiger partial charge in [-0.2, -0.15) is 0 Å². The summed E-state index contributed by atoms with van der Waals surface area (Å²) in [7, 11) is 1.55. The van der Waals surface area contributed by atoms with E-state index in [0.717, 1.165) is 0 Å². The van der Waals surface area contributed by atoms with Crippen LogP contribution < -0.4 is 5.32 Å². The molecule has 4 nitrogen and oxygen atoms in total. The highest BCUT2D eigenvalue weighted by Gasteiger charge is 2.07. The summed E-state index contributed by atoms with van der Waals surface area (Å²) >= 11 is 0. The van der Waals surface area contributed by atoms with Gasteiger partial charge < -0.3 is 5.32 Å². The van der Waals surface area contributed by atoms with Crippen molar-refractivity contribution in [3.05, 3.63) is 29.8 Å². The van der Waals surface area contributed by atoms with Crippen molar-refractivity contribution in [2.45, 2.75) is 12.7 Å². The number of carbonyl (C=O) groups excluding carboxylic acids is 1. The van der Waals surface area contributed by atoms with Gasteiger partial charge in [0.1, 0.15) is 0 Å². The molecule has 0 saturated heterocycles.